The maximum absolute atomic E-state index is 15.3. The lowest BCUT2D eigenvalue weighted by atomic mass is 9.86. The van der Waals surface area contributed by atoms with Crippen molar-refractivity contribution in [2.24, 2.45) is 0 Å². The minimum atomic E-state index is -3.90. The van der Waals surface area contributed by atoms with Crippen LogP contribution in [0.3, 0.4) is 0 Å². The minimum Gasteiger partial charge on any atom is -0.494 e. The van der Waals surface area contributed by atoms with Crippen molar-refractivity contribution in [1.29, 1.82) is 0 Å². The number of piperazine rings is 1. The summed E-state index contributed by atoms with van der Waals surface area (Å²) in [5.74, 6) is -0.0315. The van der Waals surface area contributed by atoms with Gasteiger partial charge in [-0.15, -0.1) is 5.53 Å². The van der Waals surface area contributed by atoms with Gasteiger partial charge in [0.2, 0.25) is 16.0 Å². The van der Waals surface area contributed by atoms with E-state index in [0.29, 0.717) is 74.8 Å². The van der Waals surface area contributed by atoms with Crippen LogP contribution in [0.2, 0.25) is 5.02 Å². The largest absolute Gasteiger partial charge is 0.494 e. The number of methoxy groups -OCH3 is 1. The number of carboxylic acids is 1. The van der Waals surface area contributed by atoms with Gasteiger partial charge in [0.05, 0.1) is 73.3 Å². The molecule has 18 nitrogen and oxygen atoms in total. The molecule has 22 heteroatoms. The Morgan fingerprint density at radius 1 is 0.942 bits per heavy atom. The number of hydrogen-bond donors (Lipinski definition) is 4. The van der Waals surface area contributed by atoms with E-state index < -0.39 is 27.7 Å². The van der Waals surface area contributed by atoms with Crippen LogP contribution in [0.4, 0.5) is 27.5 Å². The van der Waals surface area contributed by atoms with Crippen molar-refractivity contribution in [3.8, 4) is 11.5 Å². The van der Waals surface area contributed by atoms with Gasteiger partial charge in [0.25, 0.3) is 0 Å². The number of benzene rings is 4. The van der Waals surface area contributed by atoms with Crippen LogP contribution in [0, 0.1) is 12.7 Å². The first kappa shape index (κ1) is 51.7. The molecule has 0 radical (unpaired) electrons. The van der Waals surface area contributed by atoms with E-state index >= 15 is 4.39 Å². The molecule has 4 N–H and O–H groups in total. The number of aliphatic carboxylic acids is 1. The van der Waals surface area contributed by atoms with Gasteiger partial charge in [0, 0.05) is 64.7 Å². The number of likely N-dealkylation sites (N-methyl/N-ethyl adjacent to an activating group) is 1. The van der Waals surface area contributed by atoms with Gasteiger partial charge in [-0.3, -0.25) is 9.80 Å². The van der Waals surface area contributed by atoms with E-state index in [1.807, 2.05) is 44.3 Å². The topological polar surface area (TPSA) is 192 Å². The first-order valence-corrected chi connectivity index (χ1v) is 25.0. The average molecular weight is 1060 g/mol. The normalized spacial score (nSPS) is 14.6. The molecular formula is C47H58BrClFN9O9S. The summed E-state index contributed by atoms with van der Waals surface area (Å²) >= 11 is 9.53. The van der Waals surface area contributed by atoms with Gasteiger partial charge < -0.3 is 49.3 Å². The zero-order chi connectivity index (χ0) is 49.2. The molecule has 1 saturated heterocycles. The highest BCUT2D eigenvalue weighted by atomic mass is 79.9. The molecule has 0 bridgehead atoms. The molecule has 1 unspecified atom stereocenters. The van der Waals surface area contributed by atoms with Gasteiger partial charge in [0.15, 0.2) is 5.82 Å². The molecule has 69 heavy (non-hydrogen) atoms. The van der Waals surface area contributed by atoms with Gasteiger partial charge in [-0.1, -0.05) is 29.8 Å². The van der Waals surface area contributed by atoms with Crippen molar-refractivity contribution in [2.75, 3.05) is 128 Å². The Bertz CT molecular complexity index is 2700. The Hall–Kier alpha value is -5.10. The van der Waals surface area contributed by atoms with Crippen molar-refractivity contribution in [2.45, 2.75) is 30.7 Å². The molecule has 2 aliphatic rings. The number of aromatic nitrogens is 2. The summed E-state index contributed by atoms with van der Waals surface area (Å²) in [6, 6.07) is 17.3. The number of sulfonamides is 1. The molecule has 7 rings (SSSR count). The number of carboxylic acid groups (broad SMARTS) is 1. The molecule has 1 atom stereocenters. The fourth-order valence-electron chi connectivity index (χ4n) is 8.01. The molecule has 3 heterocycles. The number of anilines is 4. The number of aryl methyl sites for hydroxylation is 1. The first-order valence-electron chi connectivity index (χ1n) is 22.4. The van der Waals surface area contributed by atoms with Crippen LogP contribution in [0.1, 0.15) is 34.6 Å². The molecule has 5 aromatic rings. The third-order valence-corrected chi connectivity index (χ3v) is 15.0. The van der Waals surface area contributed by atoms with Crippen molar-refractivity contribution in [3.05, 3.63) is 98.2 Å². The molecule has 0 amide bonds. The van der Waals surface area contributed by atoms with Crippen LogP contribution in [-0.2, 0) is 35.6 Å². The van der Waals surface area contributed by atoms with E-state index in [1.54, 1.807) is 30.3 Å². The Labute approximate surface area is 415 Å². The average Bonchev–Trinajstić information content (AvgIpc) is 3.72. The highest BCUT2D eigenvalue weighted by Crippen LogP contribution is 2.43. The number of ether oxygens (including phenoxy) is 5. The van der Waals surface area contributed by atoms with Crippen LogP contribution < -0.4 is 35.7 Å². The molecule has 1 fully saturated rings. The maximum Gasteiger partial charge on any atom is 0.304 e. The smallest absolute Gasteiger partial charge is 0.304 e. The molecule has 372 valence electrons. The lowest BCUT2D eigenvalue weighted by Gasteiger charge is -2.34. The fourth-order valence-corrected chi connectivity index (χ4v) is 9.65. The van der Waals surface area contributed by atoms with Gasteiger partial charge in [-0.05, 0) is 94.6 Å². The number of fused-ring (bicyclic) bond motifs is 2. The van der Waals surface area contributed by atoms with Gasteiger partial charge in [-0.25, -0.2) is 17.8 Å². The Balaban J connectivity index is 0.806. The molecule has 0 spiro atoms. The van der Waals surface area contributed by atoms with E-state index in [9.17, 15) is 18.3 Å². The van der Waals surface area contributed by atoms with E-state index in [-0.39, 0.29) is 39.5 Å². The van der Waals surface area contributed by atoms with Crippen LogP contribution in [0.5, 0.6) is 11.5 Å². The monoisotopic (exact) mass is 1060 g/mol. The van der Waals surface area contributed by atoms with Crippen LogP contribution in [0.15, 0.2) is 70.0 Å². The molecular weight excluding hydrogens is 1000 g/mol. The summed E-state index contributed by atoms with van der Waals surface area (Å²) in [5.41, 5.74) is 10.9. The fraction of sp³-hybridized carbons (Fsp3) is 0.426. The molecule has 0 aliphatic carbocycles. The molecule has 4 aromatic carbocycles. The second kappa shape index (κ2) is 23.7. The van der Waals surface area contributed by atoms with E-state index in [0.717, 1.165) is 59.8 Å². The quantitative estimate of drug-likeness (QED) is 0.0386. The van der Waals surface area contributed by atoms with Gasteiger partial charge >= 0.3 is 5.97 Å². The maximum atomic E-state index is 15.3. The number of hydrogen-bond acceptors (Lipinski definition) is 16. The Morgan fingerprint density at radius 2 is 1.62 bits per heavy atom. The predicted octanol–water partition coefficient (Wildman–Crippen LogP) is 6.50. The van der Waals surface area contributed by atoms with Crippen LogP contribution in [-0.4, -0.2) is 146 Å². The lowest BCUT2D eigenvalue weighted by Crippen LogP contribution is -2.45. The van der Waals surface area contributed by atoms with E-state index in [4.69, 9.17) is 40.3 Å². The Kier molecular flexibility index (Phi) is 17.8. The van der Waals surface area contributed by atoms with Gasteiger partial charge in [-0.2, -0.15) is 9.29 Å². The SMILES string of the molecule is COc1cc(C(CC(=O)O)c2ccc(C)c(CN(C)S(=O)(=O)c3ccc(OCCOCCOCCOCCNc4nc(N5CCN(C)CC5)c5cc(Cl)c(Br)c(F)c5n4)cc3)c2)cc2c1N(C)NN2. The summed E-state index contributed by atoms with van der Waals surface area (Å²) in [6.45, 7) is 7.91. The van der Waals surface area contributed by atoms with Crippen LogP contribution >= 0.6 is 27.5 Å². The van der Waals surface area contributed by atoms with Gasteiger partial charge in [0.1, 0.15) is 35.1 Å². The summed E-state index contributed by atoms with van der Waals surface area (Å²) in [4.78, 5) is 25.7. The number of nitrogens with zero attached hydrogens (tertiary/aromatic N) is 6. The minimum absolute atomic E-state index is 0.0655. The van der Waals surface area contributed by atoms with Crippen molar-refractivity contribution >= 4 is 77.6 Å². The van der Waals surface area contributed by atoms with E-state index in [2.05, 4.69) is 54.0 Å². The third kappa shape index (κ3) is 12.8. The number of rotatable bonds is 24. The second-order valence-electron chi connectivity index (χ2n) is 16.6. The highest BCUT2D eigenvalue weighted by molar-refractivity contribution is 9.10. The summed E-state index contributed by atoms with van der Waals surface area (Å²) in [5, 5.41) is 15.7. The number of nitrogens with one attached hydrogen (secondary N) is 3. The van der Waals surface area contributed by atoms with Crippen molar-refractivity contribution in [1.82, 2.24) is 24.7 Å². The highest BCUT2D eigenvalue weighted by Gasteiger charge is 2.28. The summed E-state index contributed by atoms with van der Waals surface area (Å²) in [6.07, 6.45) is -0.180. The molecule has 1 aromatic heterocycles. The lowest BCUT2D eigenvalue weighted by molar-refractivity contribution is -0.137. The second-order valence-corrected chi connectivity index (χ2v) is 19.9. The van der Waals surface area contributed by atoms with Crippen molar-refractivity contribution < 1.29 is 46.4 Å². The molecule has 0 saturated carbocycles. The number of halogens is 3. The predicted molar refractivity (Wildman–Crippen MR) is 267 cm³/mol. The zero-order valence-corrected chi connectivity index (χ0v) is 42.3. The summed E-state index contributed by atoms with van der Waals surface area (Å²) in [7, 11) is 3.09. The number of carbonyl (C=O) groups is 1. The zero-order valence-electron chi connectivity index (χ0n) is 39.2. The van der Waals surface area contributed by atoms with Crippen LogP contribution in [0.25, 0.3) is 10.9 Å². The third-order valence-electron chi connectivity index (χ3n) is 11.9. The Morgan fingerprint density at radius 3 is 2.30 bits per heavy atom. The molecule has 2 aliphatic heterocycles. The standard InChI is InChI=1S/C47H58BrClFN9O9S/c1-30-6-7-31(36(28-41(60)61)32-25-39-45(40(26-32)64-5)58(4)55-54-39)24-33(30)29-57(3)69(62,63)35-10-8-34(9-11-35)68-23-22-67-21-20-66-19-18-65-17-12-51-47-52-44-37(27-38(49)42(48)43(44)50)46(53-47)59-15-13-56(2)14-16-59/h6-11,24-27,36,54-55H,12-23,28-29H2,1-5H3,(H,60,61)(H,51,52,53). The van der Waals surface area contributed by atoms with E-state index in [1.165, 1.54) is 23.5 Å². The first-order chi connectivity index (χ1) is 33.1. The number of hydrazine groups is 2. The summed E-state index contributed by atoms with van der Waals surface area (Å²) < 4.78 is 72.5. The van der Waals surface area contributed by atoms with Crippen molar-refractivity contribution in [3.63, 3.8) is 0 Å².